The normalized spacial score (nSPS) is 12.8. The highest BCUT2D eigenvalue weighted by molar-refractivity contribution is 7.09. The van der Waals surface area contributed by atoms with E-state index in [-0.39, 0.29) is 11.8 Å². The maximum atomic E-state index is 9.38. The van der Waals surface area contributed by atoms with Gasteiger partial charge < -0.3 is 10.8 Å². The zero-order chi connectivity index (χ0) is 13.8. The van der Waals surface area contributed by atoms with Crippen molar-refractivity contribution in [2.45, 2.75) is 12.5 Å². The highest BCUT2D eigenvalue weighted by Crippen LogP contribution is 2.30. The minimum Gasteiger partial charge on any atom is -0.508 e. The summed E-state index contributed by atoms with van der Waals surface area (Å²) in [7, 11) is 4.06. The van der Waals surface area contributed by atoms with Crippen molar-refractivity contribution < 1.29 is 5.11 Å². The number of benzene rings is 1. The molecule has 1 heterocycles. The van der Waals surface area contributed by atoms with Gasteiger partial charge in [-0.1, -0.05) is 12.1 Å². The Morgan fingerprint density at radius 1 is 1.32 bits per heavy atom. The second-order valence-electron chi connectivity index (χ2n) is 4.67. The molecule has 2 rings (SSSR count). The predicted molar refractivity (Wildman–Crippen MR) is 78.5 cm³/mol. The molecule has 3 N–H and O–H groups in total. The van der Waals surface area contributed by atoms with Crippen LogP contribution >= 0.6 is 11.3 Å². The van der Waals surface area contributed by atoms with Crippen LogP contribution in [0.2, 0.25) is 0 Å². The summed E-state index contributed by atoms with van der Waals surface area (Å²) in [6, 6.07) is 7.39. The molecule has 2 aromatic rings. The summed E-state index contributed by atoms with van der Waals surface area (Å²) < 4.78 is 0. The van der Waals surface area contributed by atoms with E-state index in [0.29, 0.717) is 6.54 Å². The lowest BCUT2D eigenvalue weighted by Crippen LogP contribution is -2.21. The molecular weight excluding hydrogens is 258 g/mol. The van der Waals surface area contributed by atoms with Gasteiger partial charge in [0.05, 0.1) is 11.7 Å². The second-order valence-corrected chi connectivity index (χ2v) is 5.56. The molecule has 0 saturated carbocycles. The van der Waals surface area contributed by atoms with Crippen LogP contribution in [0.15, 0.2) is 29.6 Å². The first kappa shape index (κ1) is 14.0. The maximum absolute atomic E-state index is 9.38. The fourth-order valence-electron chi connectivity index (χ4n) is 2.03. The van der Waals surface area contributed by atoms with Gasteiger partial charge in [0.2, 0.25) is 0 Å². The molecule has 0 amide bonds. The van der Waals surface area contributed by atoms with E-state index in [9.17, 15) is 5.11 Å². The second kappa shape index (κ2) is 6.14. The lowest BCUT2D eigenvalue weighted by atomic mass is 10.1. The molecule has 1 aromatic heterocycles. The molecule has 1 atom stereocenters. The molecule has 0 fully saturated rings. The molecule has 102 valence electrons. The molecule has 19 heavy (non-hydrogen) atoms. The van der Waals surface area contributed by atoms with Crippen molar-refractivity contribution in [2.75, 3.05) is 20.6 Å². The van der Waals surface area contributed by atoms with Crippen molar-refractivity contribution in [3.05, 3.63) is 45.9 Å². The van der Waals surface area contributed by atoms with Crippen molar-refractivity contribution in [1.82, 2.24) is 9.88 Å². The molecule has 0 saturated heterocycles. The summed E-state index contributed by atoms with van der Waals surface area (Å²) in [5.41, 5.74) is 7.73. The van der Waals surface area contributed by atoms with Gasteiger partial charge in [0.25, 0.3) is 0 Å². The van der Waals surface area contributed by atoms with Gasteiger partial charge in [-0.05, 0) is 38.3 Å². The van der Waals surface area contributed by atoms with Gasteiger partial charge in [-0.15, -0.1) is 11.3 Å². The molecule has 0 radical (unpaired) electrons. The zero-order valence-electron chi connectivity index (χ0n) is 11.2. The minimum absolute atomic E-state index is 0.108. The monoisotopic (exact) mass is 277 g/mol. The van der Waals surface area contributed by atoms with E-state index in [4.69, 9.17) is 5.73 Å². The van der Waals surface area contributed by atoms with Crippen molar-refractivity contribution in [2.24, 2.45) is 5.73 Å². The first-order chi connectivity index (χ1) is 9.11. The zero-order valence-corrected chi connectivity index (χ0v) is 12.0. The van der Waals surface area contributed by atoms with Gasteiger partial charge >= 0.3 is 0 Å². The van der Waals surface area contributed by atoms with E-state index >= 15 is 0 Å². The van der Waals surface area contributed by atoms with Gasteiger partial charge in [-0.3, -0.25) is 4.90 Å². The Morgan fingerprint density at radius 2 is 2.00 bits per heavy atom. The van der Waals surface area contributed by atoms with E-state index in [0.717, 1.165) is 22.7 Å². The summed E-state index contributed by atoms with van der Waals surface area (Å²) in [5.74, 6) is 0.282. The lowest BCUT2D eigenvalue weighted by molar-refractivity contribution is 0.341. The van der Waals surface area contributed by atoms with Crippen LogP contribution in [-0.4, -0.2) is 35.6 Å². The van der Waals surface area contributed by atoms with Crippen LogP contribution < -0.4 is 5.73 Å². The van der Waals surface area contributed by atoms with Crippen LogP contribution in [0.5, 0.6) is 5.75 Å². The molecule has 1 aromatic carbocycles. The van der Waals surface area contributed by atoms with Crippen LogP contribution in [0.1, 0.15) is 22.3 Å². The lowest BCUT2D eigenvalue weighted by Gasteiger charge is -2.22. The van der Waals surface area contributed by atoms with Crippen LogP contribution in [0.4, 0.5) is 0 Å². The summed E-state index contributed by atoms with van der Waals surface area (Å²) in [4.78, 5) is 6.78. The van der Waals surface area contributed by atoms with Crippen LogP contribution in [0.3, 0.4) is 0 Å². The molecule has 1 unspecified atom stereocenters. The Labute approximate surface area is 117 Å². The van der Waals surface area contributed by atoms with Crippen LogP contribution in [-0.2, 0) is 6.42 Å². The topological polar surface area (TPSA) is 62.4 Å². The van der Waals surface area contributed by atoms with E-state index in [2.05, 4.69) is 15.3 Å². The SMILES string of the molecule is CN(C)C(c1ccc(O)cc1)c1nc(CCN)cs1. The number of rotatable bonds is 5. The van der Waals surface area contributed by atoms with Gasteiger partial charge in [0.1, 0.15) is 10.8 Å². The summed E-state index contributed by atoms with van der Waals surface area (Å²) in [6.45, 7) is 0.620. The summed E-state index contributed by atoms with van der Waals surface area (Å²) in [5, 5.41) is 12.5. The van der Waals surface area contributed by atoms with E-state index in [1.165, 1.54) is 0 Å². The summed E-state index contributed by atoms with van der Waals surface area (Å²) >= 11 is 1.65. The number of nitrogens with two attached hydrogens (primary N) is 1. The van der Waals surface area contributed by atoms with Gasteiger partial charge in [-0.2, -0.15) is 0 Å². The number of phenols is 1. The molecule has 5 heteroatoms. The van der Waals surface area contributed by atoms with Gasteiger partial charge in [0, 0.05) is 11.8 Å². The molecule has 0 bridgehead atoms. The van der Waals surface area contributed by atoms with Gasteiger partial charge in [0.15, 0.2) is 0 Å². The molecule has 0 aliphatic heterocycles. The van der Waals surface area contributed by atoms with E-state index in [1.807, 2.05) is 26.2 Å². The molecule has 4 nitrogen and oxygen atoms in total. The van der Waals surface area contributed by atoms with Crippen molar-refractivity contribution in [1.29, 1.82) is 0 Å². The van der Waals surface area contributed by atoms with Crippen molar-refractivity contribution >= 4 is 11.3 Å². The standard InChI is InChI=1S/C14H19N3OS/c1-17(2)13(10-3-5-12(18)6-4-10)14-16-11(7-8-15)9-19-14/h3-6,9,13,18H,7-8,15H2,1-2H3. The fourth-order valence-corrected chi connectivity index (χ4v) is 3.10. The summed E-state index contributed by atoms with van der Waals surface area (Å²) in [6.07, 6.45) is 0.812. The Morgan fingerprint density at radius 3 is 2.58 bits per heavy atom. The first-order valence-electron chi connectivity index (χ1n) is 6.21. The third-order valence-electron chi connectivity index (χ3n) is 2.93. The number of aromatic hydroxyl groups is 1. The number of phenolic OH excluding ortho intramolecular Hbond substituents is 1. The number of aromatic nitrogens is 1. The Bertz CT molecular complexity index is 522. The highest BCUT2D eigenvalue weighted by atomic mass is 32.1. The number of thiazole rings is 1. The average Bonchev–Trinajstić information content (AvgIpc) is 2.80. The Kier molecular flexibility index (Phi) is 4.52. The van der Waals surface area contributed by atoms with E-state index < -0.39 is 0 Å². The predicted octanol–water partition coefficient (Wildman–Crippen LogP) is 2.00. The molecule has 0 spiro atoms. The smallest absolute Gasteiger partial charge is 0.115 e. The molecular formula is C14H19N3OS. The number of hydrogen-bond acceptors (Lipinski definition) is 5. The fraction of sp³-hybridized carbons (Fsp3) is 0.357. The quantitative estimate of drug-likeness (QED) is 0.877. The van der Waals surface area contributed by atoms with Crippen LogP contribution in [0.25, 0.3) is 0 Å². The maximum Gasteiger partial charge on any atom is 0.115 e. The highest BCUT2D eigenvalue weighted by Gasteiger charge is 2.20. The third kappa shape index (κ3) is 3.32. The minimum atomic E-state index is 0.108. The van der Waals surface area contributed by atoms with E-state index in [1.54, 1.807) is 23.5 Å². The molecule has 0 aliphatic rings. The number of nitrogens with zero attached hydrogens (tertiary/aromatic N) is 2. The van der Waals surface area contributed by atoms with Crippen LogP contribution in [0, 0.1) is 0 Å². The Hall–Kier alpha value is -1.43. The van der Waals surface area contributed by atoms with Crippen molar-refractivity contribution in [3.63, 3.8) is 0 Å². The average molecular weight is 277 g/mol. The van der Waals surface area contributed by atoms with Gasteiger partial charge in [-0.25, -0.2) is 4.98 Å². The third-order valence-corrected chi connectivity index (χ3v) is 3.88. The number of hydrogen-bond donors (Lipinski definition) is 2. The largest absolute Gasteiger partial charge is 0.508 e. The van der Waals surface area contributed by atoms with Crippen molar-refractivity contribution in [3.8, 4) is 5.75 Å². The Balaban J connectivity index is 2.31. The first-order valence-corrected chi connectivity index (χ1v) is 7.09. The molecule has 0 aliphatic carbocycles.